The SMILES string of the molecule is O=c1ccc2cc(OCCCN3CCC(O)(c4ccccc4)CC3)ccc2[nH]1. The fourth-order valence-electron chi connectivity index (χ4n) is 3.88. The topological polar surface area (TPSA) is 65.6 Å². The number of nitrogens with one attached hydrogen (secondary N) is 1. The van der Waals surface area contributed by atoms with Crippen LogP contribution in [0.1, 0.15) is 24.8 Å². The number of ether oxygens (including phenoxy) is 1. The molecule has 0 unspecified atom stereocenters. The van der Waals surface area contributed by atoms with Crippen molar-refractivity contribution in [2.45, 2.75) is 24.9 Å². The minimum atomic E-state index is -0.694. The molecular weight excluding hydrogens is 352 g/mol. The number of aromatic amines is 1. The smallest absolute Gasteiger partial charge is 0.248 e. The van der Waals surface area contributed by atoms with E-state index in [1.807, 2.05) is 54.6 Å². The van der Waals surface area contributed by atoms with Gasteiger partial charge in [-0.15, -0.1) is 0 Å². The lowest BCUT2D eigenvalue weighted by atomic mass is 9.84. The van der Waals surface area contributed by atoms with Gasteiger partial charge >= 0.3 is 0 Å². The van der Waals surface area contributed by atoms with Crippen molar-refractivity contribution in [1.29, 1.82) is 0 Å². The molecule has 1 aromatic heterocycles. The minimum Gasteiger partial charge on any atom is -0.494 e. The van der Waals surface area contributed by atoms with E-state index in [4.69, 9.17) is 4.74 Å². The van der Waals surface area contributed by atoms with Crippen molar-refractivity contribution >= 4 is 10.9 Å². The first-order chi connectivity index (χ1) is 13.6. The molecule has 0 bridgehead atoms. The van der Waals surface area contributed by atoms with Crippen LogP contribution in [0, 0.1) is 0 Å². The quantitative estimate of drug-likeness (QED) is 0.646. The molecule has 0 atom stereocenters. The third-order valence-electron chi connectivity index (χ3n) is 5.58. The Labute approximate surface area is 164 Å². The Hall–Kier alpha value is -2.63. The van der Waals surface area contributed by atoms with Crippen LogP contribution in [0.3, 0.4) is 0 Å². The summed E-state index contributed by atoms with van der Waals surface area (Å²) in [6.07, 6.45) is 2.47. The molecule has 146 valence electrons. The zero-order chi connectivity index (χ0) is 19.4. The molecular formula is C23H26N2O3. The van der Waals surface area contributed by atoms with Crippen LogP contribution in [-0.4, -0.2) is 41.2 Å². The Morgan fingerprint density at radius 1 is 1.04 bits per heavy atom. The molecule has 1 fully saturated rings. The van der Waals surface area contributed by atoms with E-state index in [-0.39, 0.29) is 5.56 Å². The summed E-state index contributed by atoms with van der Waals surface area (Å²) in [5, 5.41) is 11.9. The van der Waals surface area contributed by atoms with Gasteiger partial charge in [0.05, 0.1) is 12.2 Å². The minimum absolute atomic E-state index is 0.0955. The molecule has 2 aromatic carbocycles. The van der Waals surface area contributed by atoms with Crippen LogP contribution in [0.5, 0.6) is 5.75 Å². The highest BCUT2D eigenvalue weighted by molar-refractivity contribution is 5.79. The lowest BCUT2D eigenvalue weighted by Gasteiger charge is -2.38. The summed E-state index contributed by atoms with van der Waals surface area (Å²) in [6.45, 7) is 3.41. The summed E-state index contributed by atoms with van der Waals surface area (Å²) in [6, 6.07) is 19.0. The summed E-state index contributed by atoms with van der Waals surface area (Å²) in [5.74, 6) is 0.816. The van der Waals surface area contributed by atoms with E-state index in [1.165, 1.54) is 6.07 Å². The van der Waals surface area contributed by atoms with Crippen LogP contribution in [-0.2, 0) is 5.60 Å². The Morgan fingerprint density at radius 2 is 1.82 bits per heavy atom. The van der Waals surface area contributed by atoms with Gasteiger partial charge in [0.25, 0.3) is 0 Å². The van der Waals surface area contributed by atoms with Crippen molar-refractivity contribution in [2.24, 2.45) is 0 Å². The summed E-state index contributed by atoms with van der Waals surface area (Å²) in [7, 11) is 0. The van der Waals surface area contributed by atoms with E-state index in [2.05, 4.69) is 9.88 Å². The van der Waals surface area contributed by atoms with Crippen LogP contribution in [0.4, 0.5) is 0 Å². The Bertz CT molecular complexity index is 976. The number of aliphatic hydroxyl groups is 1. The Morgan fingerprint density at radius 3 is 2.61 bits per heavy atom. The molecule has 2 N–H and O–H groups in total. The van der Waals surface area contributed by atoms with E-state index in [1.54, 1.807) is 0 Å². The molecule has 0 amide bonds. The van der Waals surface area contributed by atoms with Gasteiger partial charge in [-0.3, -0.25) is 4.79 Å². The molecule has 2 heterocycles. The number of pyridine rings is 1. The number of nitrogens with zero attached hydrogens (tertiary/aromatic N) is 1. The average Bonchev–Trinajstić information content (AvgIpc) is 2.73. The third-order valence-corrected chi connectivity index (χ3v) is 5.58. The lowest BCUT2D eigenvalue weighted by Crippen LogP contribution is -2.43. The number of hydrogen-bond acceptors (Lipinski definition) is 4. The van der Waals surface area contributed by atoms with Gasteiger partial charge in [0.1, 0.15) is 5.75 Å². The molecule has 4 rings (SSSR count). The summed E-state index contributed by atoms with van der Waals surface area (Å²) in [4.78, 5) is 16.5. The second kappa shape index (κ2) is 8.17. The van der Waals surface area contributed by atoms with Crippen molar-refractivity contribution in [3.63, 3.8) is 0 Å². The van der Waals surface area contributed by atoms with Crippen LogP contribution < -0.4 is 10.3 Å². The van der Waals surface area contributed by atoms with Crippen LogP contribution >= 0.6 is 0 Å². The predicted molar refractivity (Wildman–Crippen MR) is 111 cm³/mol. The fourth-order valence-corrected chi connectivity index (χ4v) is 3.88. The van der Waals surface area contributed by atoms with Gasteiger partial charge in [-0.05, 0) is 49.1 Å². The highest BCUT2D eigenvalue weighted by atomic mass is 16.5. The number of aromatic nitrogens is 1. The molecule has 3 aromatic rings. The number of fused-ring (bicyclic) bond motifs is 1. The van der Waals surface area contributed by atoms with E-state index in [9.17, 15) is 9.90 Å². The highest BCUT2D eigenvalue weighted by Crippen LogP contribution is 2.32. The van der Waals surface area contributed by atoms with E-state index in [0.717, 1.165) is 61.1 Å². The van der Waals surface area contributed by atoms with E-state index >= 15 is 0 Å². The van der Waals surface area contributed by atoms with Crippen molar-refractivity contribution in [3.05, 3.63) is 76.6 Å². The zero-order valence-electron chi connectivity index (χ0n) is 15.9. The third kappa shape index (κ3) is 4.26. The fraction of sp³-hybridized carbons (Fsp3) is 0.348. The Balaban J connectivity index is 1.23. The van der Waals surface area contributed by atoms with Crippen molar-refractivity contribution < 1.29 is 9.84 Å². The number of likely N-dealkylation sites (tertiary alicyclic amines) is 1. The van der Waals surface area contributed by atoms with Crippen molar-refractivity contribution in [3.8, 4) is 5.75 Å². The molecule has 0 radical (unpaired) electrons. The highest BCUT2D eigenvalue weighted by Gasteiger charge is 2.33. The maximum atomic E-state index is 11.3. The largest absolute Gasteiger partial charge is 0.494 e. The number of hydrogen-bond donors (Lipinski definition) is 2. The Kier molecular flexibility index (Phi) is 5.46. The predicted octanol–water partition coefficient (Wildman–Crippen LogP) is 3.28. The van der Waals surface area contributed by atoms with Crippen molar-refractivity contribution in [1.82, 2.24) is 9.88 Å². The van der Waals surface area contributed by atoms with Crippen LogP contribution in [0.15, 0.2) is 65.5 Å². The monoisotopic (exact) mass is 378 g/mol. The first-order valence-corrected chi connectivity index (χ1v) is 9.89. The normalized spacial score (nSPS) is 16.9. The van der Waals surface area contributed by atoms with E-state index in [0.29, 0.717) is 6.61 Å². The van der Waals surface area contributed by atoms with Crippen LogP contribution in [0.2, 0.25) is 0 Å². The van der Waals surface area contributed by atoms with Gasteiger partial charge in [0.2, 0.25) is 5.56 Å². The standard InChI is InChI=1S/C23H26N2O3/c26-22-10-7-18-17-20(8-9-21(18)24-22)28-16-4-13-25-14-11-23(27,12-15-25)19-5-2-1-3-6-19/h1-3,5-10,17,27H,4,11-16H2,(H,24,26). The maximum absolute atomic E-state index is 11.3. The molecule has 1 aliphatic heterocycles. The second-order valence-electron chi connectivity index (χ2n) is 7.51. The van der Waals surface area contributed by atoms with Crippen LogP contribution in [0.25, 0.3) is 10.9 Å². The maximum Gasteiger partial charge on any atom is 0.248 e. The molecule has 0 saturated carbocycles. The molecule has 5 nitrogen and oxygen atoms in total. The molecule has 1 saturated heterocycles. The van der Waals surface area contributed by atoms with E-state index < -0.39 is 5.60 Å². The van der Waals surface area contributed by atoms with Gasteiger partial charge < -0.3 is 19.7 Å². The van der Waals surface area contributed by atoms with Crippen molar-refractivity contribution in [2.75, 3.05) is 26.2 Å². The summed E-state index contributed by atoms with van der Waals surface area (Å²) in [5.41, 5.74) is 1.05. The molecule has 0 aliphatic carbocycles. The lowest BCUT2D eigenvalue weighted by molar-refractivity contribution is -0.0264. The molecule has 1 aliphatic rings. The van der Waals surface area contributed by atoms with Gasteiger partial charge in [0.15, 0.2) is 0 Å². The summed E-state index contributed by atoms with van der Waals surface area (Å²) < 4.78 is 5.88. The molecule has 0 spiro atoms. The van der Waals surface area contributed by atoms with Gasteiger partial charge in [-0.25, -0.2) is 0 Å². The number of H-pyrrole nitrogens is 1. The zero-order valence-corrected chi connectivity index (χ0v) is 15.9. The number of benzene rings is 2. The molecule has 28 heavy (non-hydrogen) atoms. The number of rotatable bonds is 6. The molecule has 5 heteroatoms. The van der Waals surface area contributed by atoms with Gasteiger partial charge in [-0.1, -0.05) is 30.3 Å². The average molecular weight is 378 g/mol. The summed E-state index contributed by atoms with van der Waals surface area (Å²) >= 11 is 0. The second-order valence-corrected chi connectivity index (χ2v) is 7.51. The first-order valence-electron chi connectivity index (χ1n) is 9.89. The number of piperidine rings is 1. The van der Waals surface area contributed by atoms with Gasteiger partial charge in [-0.2, -0.15) is 0 Å². The first kappa shape index (κ1) is 18.7. The van der Waals surface area contributed by atoms with Gasteiger partial charge in [0, 0.05) is 36.6 Å².